The van der Waals surface area contributed by atoms with Crippen LogP contribution in [0.4, 0.5) is 0 Å². The molecule has 0 bridgehead atoms. The van der Waals surface area contributed by atoms with Gasteiger partial charge in [-0.2, -0.15) is 0 Å². The topological polar surface area (TPSA) is 46.2 Å². The maximum atomic E-state index is 10.9. The van der Waals surface area contributed by atoms with Gasteiger partial charge in [-0.1, -0.05) is 79.4 Å². The first-order chi connectivity index (χ1) is 11.4. The van der Waals surface area contributed by atoms with E-state index in [4.69, 9.17) is 5.73 Å². The molecule has 2 rings (SSSR count). The molecule has 0 saturated heterocycles. The van der Waals surface area contributed by atoms with Crippen molar-refractivity contribution in [2.45, 2.75) is 98.4 Å². The number of hydrogen-bond acceptors (Lipinski definition) is 2. The highest BCUT2D eigenvalue weighted by atomic mass is 16.3. The zero-order valence-electron chi connectivity index (χ0n) is 17.3. The lowest BCUT2D eigenvalue weighted by atomic mass is 9.78. The van der Waals surface area contributed by atoms with Crippen molar-refractivity contribution < 1.29 is 5.11 Å². The monoisotopic (exact) mass is 345 g/mol. The third-order valence-corrected chi connectivity index (χ3v) is 5.28. The normalized spacial score (nSPS) is 18.8. The van der Waals surface area contributed by atoms with Crippen LogP contribution in [0, 0.1) is 10.8 Å². The van der Waals surface area contributed by atoms with E-state index in [9.17, 15) is 5.11 Å². The van der Waals surface area contributed by atoms with Gasteiger partial charge in [0, 0.05) is 5.54 Å². The molecule has 0 spiro atoms. The molecule has 0 aromatic heterocycles. The fourth-order valence-electron chi connectivity index (χ4n) is 4.11. The molecule has 142 valence electrons. The first-order valence-electron chi connectivity index (χ1n) is 10.0. The Morgan fingerprint density at radius 1 is 0.840 bits per heavy atom. The number of aromatic hydroxyl groups is 1. The van der Waals surface area contributed by atoms with Crippen molar-refractivity contribution in [2.75, 3.05) is 0 Å². The molecule has 0 unspecified atom stereocenters. The minimum Gasteiger partial charge on any atom is -0.507 e. The van der Waals surface area contributed by atoms with Crippen LogP contribution < -0.4 is 5.73 Å². The molecule has 0 atom stereocenters. The van der Waals surface area contributed by atoms with Gasteiger partial charge in [-0.15, -0.1) is 0 Å². The van der Waals surface area contributed by atoms with E-state index in [0.29, 0.717) is 5.75 Å². The Morgan fingerprint density at radius 2 is 1.24 bits per heavy atom. The third kappa shape index (κ3) is 5.74. The molecule has 2 heteroatoms. The van der Waals surface area contributed by atoms with Crippen LogP contribution in [0.5, 0.6) is 5.75 Å². The van der Waals surface area contributed by atoms with Gasteiger partial charge >= 0.3 is 0 Å². The molecule has 0 heterocycles. The van der Waals surface area contributed by atoms with Crippen LogP contribution in [0.1, 0.15) is 96.8 Å². The Balaban J connectivity index is 2.51. The van der Waals surface area contributed by atoms with Crippen LogP contribution in [0.3, 0.4) is 0 Å². The number of rotatable bonds is 3. The molecule has 3 N–H and O–H groups in total. The standard InChI is InChI=1S/C23H39NO/c1-21(2,3)15-17-13-19(23(24)11-9-7-8-10-12-23)14-18(20(17)25)16-22(4,5)6/h13-14,25H,7-12,15-16,24H2,1-6H3. The van der Waals surface area contributed by atoms with Crippen molar-refractivity contribution in [3.8, 4) is 5.75 Å². The summed E-state index contributed by atoms with van der Waals surface area (Å²) in [5, 5.41) is 10.9. The third-order valence-electron chi connectivity index (χ3n) is 5.28. The van der Waals surface area contributed by atoms with Crippen LogP contribution in [0.15, 0.2) is 12.1 Å². The Morgan fingerprint density at radius 3 is 1.60 bits per heavy atom. The maximum Gasteiger partial charge on any atom is 0.122 e. The fraction of sp³-hybridized carbons (Fsp3) is 0.739. The van der Waals surface area contributed by atoms with E-state index in [0.717, 1.165) is 36.8 Å². The second kappa shape index (κ2) is 7.31. The summed E-state index contributed by atoms with van der Waals surface area (Å²) in [5.74, 6) is 0.492. The number of nitrogens with two attached hydrogens (primary N) is 1. The molecule has 1 aliphatic carbocycles. The van der Waals surface area contributed by atoms with Gasteiger partial charge in [-0.3, -0.25) is 0 Å². The fourth-order valence-corrected chi connectivity index (χ4v) is 4.11. The Labute approximate surface area is 155 Å². The second-order valence-corrected chi connectivity index (χ2v) is 10.7. The summed E-state index contributed by atoms with van der Waals surface area (Å²) in [4.78, 5) is 0. The summed E-state index contributed by atoms with van der Waals surface area (Å²) < 4.78 is 0. The molecule has 0 amide bonds. The maximum absolute atomic E-state index is 10.9. The van der Waals surface area contributed by atoms with E-state index in [-0.39, 0.29) is 16.4 Å². The summed E-state index contributed by atoms with van der Waals surface area (Å²) in [6.07, 6.45) is 8.87. The van der Waals surface area contributed by atoms with Gasteiger partial charge in [-0.05, 0) is 53.2 Å². The van der Waals surface area contributed by atoms with E-state index in [1.54, 1.807) is 0 Å². The molecule has 1 fully saturated rings. The highest BCUT2D eigenvalue weighted by molar-refractivity contribution is 5.47. The molecule has 1 aliphatic rings. The smallest absolute Gasteiger partial charge is 0.122 e. The lowest BCUT2D eigenvalue weighted by molar-refractivity contribution is 0.366. The number of hydrogen-bond donors (Lipinski definition) is 2. The van der Waals surface area contributed by atoms with Crippen LogP contribution in [-0.4, -0.2) is 5.11 Å². The zero-order chi connectivity index (χ0) is 18.9. The molecule has 0 aliphatic heterocycles. The summed E-state index contributed by atoms with van der Waals surface area (Å²) in [6.45, 7) is 13.4. The SMILES string of the molecule is CC(C)(C)Cc1cc(C2(N)CCCCCC2)cc(CC(C)(C)C)c1O. The quantitative estimate of drug-likeness (QED) is 0.652. The second-order valence-electron chi connectivity index (χ2n) is 10.7. The highest BCUT2D eigenvalue weighted by Gasteiger charge is 2.31. The van der Waals surface area contributed by atoms with E-state index in [1.165, 1.54) is 31.2 Å². The van der Waals surface area contributed by atoms with Crippen molar-refractivity contribution >= 4 is 0 Å². The molecule has 0 radical (unpaired) electrons. The minimum absolute atomic E-state index is 0.139. The molecule has 1 aromatic carbocycles. The summed E-state index contributed by atoms with van der Waals surface area (Å²) in [6, 6.07) is 4.41. The molecular formula is C23H39NO. The molecule has 2 nitrogen and oxygen atoms in total. The van der Waals surface area contributed by atoms with Crippen LogP contribution in [0.2, 0.25) is 0 Å². The van der Waals surface area contributed by atoms with E-state index >= 15 is 0 Å². The van der Waals surface area contributed by atoms with Crippen molar-refractivity contribution in [3.05, 3.63) is 28.8 Å². The predicted octanol–water partition coefficient (Wildman–Crippen LogP) is 6.08. The van der Waals surface area contributed by atoms with Crippen molar-refractivity contribution in [2.24, 2.45) is 16.6 Å². The molecule has 25 heavy (non-hydrogen) atoms. The molecule has 1 saturated carbocycles. The van der Waals surface area contributed by atoms with Crippen molar-refractivity contribution in [1.82, 2.24) is 0 Å². The van der Waals surface area contributed by atoms with Gasteiger partial charge in [0.2, 0.25) is 0 Å². The van der Waals surface area contributed by atoms with Crippen molar-refractivity contribution in [3.63, 3.8) is 0 Å². The summed E-state index contributed by atoms with van der Waals surface area (Å²) in [5.41, 5.74) is 10.3. The first kappa shape index (κ1) is 20.3. The average molecular weight is 346 g/mol. The lowest BCUT2D eigenvalue weighted by Crippen LogP contribution is -2.36. The van der Waals surface area contributed by atoms with Gasteiger partial charge in [0.15, 0.2) is 0 Å². The van der Waals surface area contributed by atoms with Gasteiger partial charge in [0.05, 0.1) is 0 Å². The van der Waals surface area contributed by atoms with Gasteiger partial charge in [0.1, 0.15) is 5.75 Å². The van der Waals surface area contributed by atoms with Gasteiger partial charge < -0.3 is 10.8 Å². The summed E-state index contributed by atoms with van der Waals surface area (Å²) in [7, 11) is 0. The lowest BCUT2D eigenvalue weighted by Gasteiger charge is -2.32. The van der Waals surface area contributed by atoms with Crippen LogP contribution >= 0.6 is 0 Å². The zero-order valence-corrected chi connectivity index (χ0v) is 17.3. The highest BCUT2D eigenvalue weighted by Crippen LogP contribution is 2.40. The summed E-state index contributed by atoms with van der Waals surface area (Å²) >= 11 is 0. The number of benzene rings is 1. The van der Waals surface area contributed by atoms with Gasteiger partial charge in [-0.25, -0.2) is 0 Å². The molecular weight excluding hydrogens is 306 g/mol. The largest absolute Gasteiger partial charge is 0.507 e. The minimum atomic E-state index is -0.233. The first-order valence-corrected chi connectivity index (χ1v) is 10.0. The van der Waals surface area contributed by atoms with E-state index in [2.05, 4.69) is 53.7 Å². The predicted molar refractivity (Wildman–Crippen MR) is 108 cm³/mol. The van der Waals surface area contributed by atoms with E-state index in [1.807, 2.05) is 0 Å². The van der Waals surface area contributed by atoms with Crippen molar-refractivity contribution in [1.29, 1.82) is 0 Å². The Hall–Kier alpha value is -1.02. The number of phenolic OH excluding ortho intramolecular Hbond substituents is 1. The van der Waals surface area contributed by atoms with Crippen LogP contribution in [0.25, 0.3) is 0 Å². The Bertz CT molecular complexity index is 544. The molecule has 1 aromatic rings. The van der Waals surface area contributed by atoms with E-state index < -0.39 is 0 Å². The number of phenols is 1. The average Bonchev–Trinajstić information content (AvgIpc) is 2.66. The Kier molecular flexibility index (Phi) is 5.93. The van der Waals surface area contributed by atoms with Gasteiger partial charge in [0.25, 0.3) is 0 Å². The van der Waals surface area contributed by atoms with Crippen LogP contribution in [-0.2, 0) is 18.4 Å².